The van der Waals surface area contributed by atoms with Gasteiger partial charge in [-0.05, 0) is 65.7 Å². The zero-order chi connectivity index (χ0) is 17.8. The standard InChI is InChI=1S/C19H22BrNO4/c1-13-9-15(3-5-18(13)14(2)22)24-12-17-11-21(7-8-23-17)10-16-4-6-19(20)25-16/h3-6,9,17H,7-8,10-12H2,1-2H3. The lowest BCUT2D eigenvalue weighted by molar-refractivity contribution is -0.0519. The summed E-state index contributed by atoms with van der Waals surface area (Å²) >= 11 is 3.33. The van der Waals surface area contributed by atoms with Crippen LogP contribution in [0.25, 0.3) is 0 Å². The maximum absolute atomic E-state index is 11.5. The highest BCUT2D eigenvalue weighted by atomic mass is 79.9. The molecule has 2 aromatic rings. The van der Waals surface area contributed by atoms with Crippen LogP contribution in [0.4, 0.5) is 0 Å². The molecule has 2 heterocycles. The molecule has 0 amide bonds. The zero-order valence-corrected chi connectivity index (χ0v) is 16.0. The highest BCUT2D eigenvalue weighted by Gasteiger charge is 2.22. The number of aryl methyl sites for hydroxylation is 1. The minimum atomic E-state index is 0.0138. The van der Waals surface area contributed by atoms with E-state index in [0.717, 1.165) is 46.9 Å². The number of carbonyl (C=O) groups excluding carboxylic acids is 1. The van der Waals surface area contributed by atoms with Crippen LogP contribution in [0.1, 0.15) is 28.6 Å². The van der Waals surface area contributed by atoms with Crippen LogP contribution in [0.3, 0.4) is 0 Å². The summed E-state index contributed by atoms with van der Waals surface area (Å²) < 4.78 is 18.0. The molecule has 0 spiro atoms. The minimum Gasteiger partial charge on any atom is -0.491 e. The number of ether oxygens (including phenoxy) is 2. The molecule has 1 aromatic carbocycles. The number of hydrogen-bond acceptors (Lipinski definition) is 5. The lowest BCUT2D eigenvalue weighted by Gasteiger charge is -2.32. The van der Waals surface area contributed by atoms with Crippen LogP contribution in [-0.2, 0) is 11.3 Å². The summed E-state index contributed by atoms with van der Waals surface area (Å²) in [6, 6.07) is 9.44. The molecule has 0 radical (unpaired) electrons. The summed E-state index contributed by atoms with van der Waals surface area (Å²) in [7, 11) is 0. The predicted molar refractivity (Wildman–Crippen MR) is 98.1 cm³/mol. The summed E-state index contributed by atoms with van der Waals surface area (Å²) in [6.45, 7) is 7.09. The number of benzene rings is 1. The molecule has 1 aromatic heterocycles. The molecule has 3 rings (SSSR count). The van der Waals surface area contributed by atoms with Crippen LogP contribution in [-0.4, -0.2) is 43.1 Å². The molecule has 134 valence electrons. The molecule has 25 heavy (non-hydrogen) atoms. The molecule has 1 saturated heterocycles. The number of nitrogens with zero attached hydrogens (tertiary/aromatic N) is 1. The Balaban J connectivity index is 1.52. The SMILES string of the molecule is CC(=O)c1ccc(OCC2CN(Cc3ccc(Br)o3)CCO2)cc1C. The van der Waals surface area contributed by atoms with E-state index in [1.54, 1.807) is 6.92 Å². The zero-order valence-electron chi connectivity index (χ0n) is 14.5. The van der Waals surface area contributed by atoms with Gasteiger partial charge < -0.3 is 13.9 Å². The Morgan fingerprint density at radius 3 is 2.88 bits per heavy atom. The molecule has 1 atom stereocenters. The van der Waals surface area contributed by atoms with Gasteiger partial charge in [0.1, 0.15) is 24.2 Å². The van der Waals surface area contributed by atoms with E-state index in [2.05, 4.69) is 20.8 Å². The lowest BCUT2D eigenvalue weighted by Crippen LogP contribution is -2.44. The molecule has 0 aliphatic carbocycles. The van der Waals surface area contributed by atoms with E-state index in [-0.39, 0.29) is 11.9 Å². The first-order valence-corrected chi connectivity index (χ1v) is 9.13. The number of morpholine rings is 1. The van der Waals surface area contributed by atoms with Crippen molar-refractivity contribution < 1.29 is 18.7 Å². The van der Waals surface area contributed by atoms with Gasteiger partial charge in [-0.2, -0.15) is 0 Å². The number of rotatable bonds is 6. The average Bonchev–Trinajstić information content (AvgIpc) is 2.98. The molecular formula is C19H22BrNO4. The first-order chi connectivity index (χ1) is 12.0. The molecule has 1 fully saturated rings. The third-order valence-electron chi connectivity index (χ3n) is 4.24. The van der Waals surface area contributed by atoms with E-state index >= 15 is 0 Å². The van der Waals surface area contributed by atoms with Gasteiger partial charge in [0.25, 0.3) is 0 Å². The van der Waals surface area contributed by atoms with Crippen LogP contribution < -0.4 is 4.74 Å². The van der Waals surface area contributed by atoms with Crippen molar-refractivity contribution in [1.29, 1.82) is 0 Å². The number of ketones is 1. The van der Waals surface area contributed by atoms with Crippen molar-refractivity contribution in [3.05, 3.63) is 51.9 Å². The van der Waals surface area contributed by atoms with Crippen molar-refractivity contribution in [2.75, 3.05) is 26.3 Å². The van der Waals surface area contributed by atoms with Gasteiger partial charge in [0.15, 0.2) is 10.5 Å². The van der Waals surface area contributed by atoms with E-state index in [4.69, 9.17) is 13.9 Å². The largest absolute Gasteiger partial charge is 0.491 e. The quantitative estimate of drug-likeness (QED) is 0.680. The molecular weight excluding hydrogens is 386 g/mol. The first-order valence-electron chi connectivity index (χ1n) is 8.34. The van der Waals surface area contributed by atoms with Crippen molar-refractivity contribution >= 4 is 21.7 Å². The summed E-state index contributed by atoms with van der Waals surface area (Å²) in [4.78, 5) is 13.8. The number of furan rings is 1. The second-order valence-corrected chi connectivity index (χ2v) is 7.06. The van der Waals surface area contributed by atoms with Gasteiger partial charge in [-0.15, -0.1) is 0 Å². The van der Waals surface area contributed by atoms with Gasteiger partial charge in [0.2, 0.25) is 0 Å². The third kappa shape index (κ3) is 4.93. The Hall–Kier alpha value is -1.63. The fraction of sp³-hybridized carbons (Fsp3) is 0.421. The van der Waals surface area contributed by atoms with Crippen LogP contribution in [0, 0.1) is 6.92 Å². The molecule has 0 saturated carbocycles. The van der Waals surface area contributed by atoms with Gasteiger partial charge in [-0.3, -0.25) is 9.69 Å². The van der Waals surface area contributed by atoms with E-state index in [1.807, 2.05) is 37.3 Å². The molecule has 1 aliphatic heterocycles. The Kier molecular flexibility index (Phi) is 5.93. The van der Waals surface area contributed by atoms with Gasteiger partial charge in [-0.25, -0.2) is 0 Å². The number of Topliss-reactive ketones (excluding diaryl/α,β-unsaturated/α-hetero) is 1. The van der Waals surface area contributed by atoms with Crippen molar-refractivity contribution in [2.45, 2.75) is 26.5 Å². The van der Waals surface area contributed by atoms with Crippen LogP contribution in [0.15, 0.2) is 39.4 Å². The van der Waals surface area contributed by atoms with E-state index < -0.39 is 0 Å². The second kappa shape index (κ2) is 8.17. The van der Waals surface area contributed by atoms with Gasteiger partial charge in [-0.1, -0.05) is 0 Å². The summed E-state index contributed by atoms with van der Waals surface area (Å²) in [5, 5.41) is 0. The summed E-state index contributed by atoms with van der Waals surface area (Å²) in [6.07, 6.45) is 0.0138. The second-order valence-electron chi connectivity index (χ2n) is 6.28. The Labute approximate surface area is 156 Å². The minimum absolute atomic E-state index is 0.0138. The first kappa shape index (κ1) is 18.2. The monoisotopic (exact) mass is 407 g/mol. The van der Waals surface area contributed by atoms with Crippen molar-refractivity contribution in [1.82, 2.24) is 4.90 Å². The number of hydrogen-bond donors (Lipinski definition) is 0. The van der Waals surface area contributed by atoms with E-state index in [1.165, 1.54) is 0 Å². The maximum atomic E-state index is 11.5. The molecule has 0 bridgehead atoms. The lowest BCUT2D eigenvalue weighted by atomic mass is 10.1. The Morgan fingerprint density at radius 2 is 2.20 bits per heavy atom. The molecule has 1 unspecified atom stereocenters. The molecule has 5 nitrogen and oxygen atoms in total. The summed E-state index contributed by atoms with van der Waals surface area (Å²) in [5.41, 5.74) is 1.66. The van der Waals surface area contributed by atoms with Crippen molar-refractivity contribution in [3.8, 4) is 5.75 Å². The molecule has 6 heteroatoms. The maximum Gasteiger partial charge on any atom is 0.169 e. The van der Waals surface area contributed by atoms with E-state index in [9.17, 15) is 4.79 Å². The van der Waals surface area contributed by atoms with Crippen LogP contribution >= 0.6 is 15.9 Å². The fourth-order valence-corrected chi connectivity index (χ4v) is 3.33. The number of halogens is 1. The normalized spacial score (nSPS) is 18.3. The topological polar surface area (TPSA) is 51.9 Å². The Bertz CT molecular complexity index is 743. The predicted octanol–water partition coefficient (Wildman–Crippen LogP) is 3.83. The molecule has 1 aliphatic rings. The third-order valence-corrected chi connectivity index (χ3v) is 4.67. The fourth-order valence-electron chi connectivity index (χ4n) is 2.99. The number of carbonyl (C=O) groups is 1. The average molecular weight is 408 g/mol. The van der Waals surface area contributed by atoms with Gasteiger partial charge in [0, 0.05) is 18.7 Å². The molecule has 0 N–H and O–H groups in total. The summed E-state index contributed by atoms with van der Waals surface area (Å²) in [5.74, 6) is 1.77. The van der Waals surface area contributed by atoms with E-state index in [0.29, 0.717) is 13.2 Å². The van der Waals surface area contributed by atoms with Crippen molar-refractivity contribution in [2.24, 2.45) is 0 Å². The smallest absolute Gasteiger partial charge is 0.169 e. The van der Waals surface area contributed by atoms with Gasteiger partial charge >= 0.3 is 0 Å². The highest BCUT2D eigenvalue weighted by molar-refractivity contribution is 9.10. The van der Waals surface area contributed by atoms with Crippen molar-refractivity contribution in [3.63, 3.8) is 0 Å². The van der Waals surface area contributed by atoms with Gasteiger partial charge in [0.05, 0.1) is 13.2 Å². The van der Waals surface area contributed by atoms with Crippen LogP contribution in [0.5, 0.6) is 5.75 Å². The Morgan fingerprint density at radius 1 is 1.36 bits per heavy atom. The highest BCUT2D eigenvalue weighted by Crippen LogP contribution is 2.20. The van der Waals surface area contributed by atoms with Crippen LogP contribution in [0.2, 0.25) is 0 Å².